The Balaban J connectivity index is 3.26. The first-order chi connectivity index (χ1) is 8.33. The Labute approximate surface area is 105 Å². The first kappa shape index (κ1) is 15.0. The third-order valence-electron chi connectivity index (χ3n) is 2.61. The Morgan fingerprint density at radius 2 is 2.00 bits per heavy atom. The predicted octanol–water partition coefficient (Wildman–Crippen LogP) is 1.50. The smallest absolute Gasteiger partial charge is 0.243 e. The molecule has 0 aliphatic rings. The Morgan fingerprint density at radius 1 is 1.39 bits per heavy atom. The van der Waals surface area contributed by atoms with E-state index in [1.807, 2.05) is 0 Å². The van der Waals surface area contributed by atoms with Gasteiger partial charge < -0.3 is 5.73 Å². The number of sulfonamides is 1. The molecule has 0 aliphatic carbocycles. The highest BCUT2D eigenvalue weighted by molar-refractivity contribution is 7.89. The minimum Gasteiger partial charge on any atom is -0.326 e. The molecule has 0 saturated heterocycles. The molecule has 4 nitrogen and oxygen atoms in total. The van der Waals surface area contributed by atoms with Gasteiger partial charge in [0.15, 0.2) is 5.82 Å². The van der Waals surface area contributed by atoms with E-state index in [9.17, 15) is 17.2 Å². The van der Waals surface area contributed by atoms with E-state index in [0.717, 1.165) is 12.1 Å². The average molecular weight is 278 g/mol. The molecule has 18 heavy (non-hydrogen) atoms. The number of nitrogens with one attached hydrogen (secondary N) is 1. The highest BCUT2D eigenvalue weighted by Gasteiger charge is 2.24. The van der Waals surface area contributed by atoms with Crippen LogP contribution in [0.2, 0.25) is 0 Å². The van der Waals surface area contributed by atoms with Crippen LogP contribution in [0.3, 0.4) is 0 Å². The second-order valence-electron chi connectivity index (χ2n) is 3.97. The molecular weight excluding hydrogens is 262 g/mol. The maximum Gasteiger partial charge on any atom is 0.243 e. The van der Waals surface area contributed by atoms with Crippen LogP contribution in [0, 0.1) is 11.6 Å². The fraction of sp³-hybridized carbons (Fsp3) is 0.455. The minimum absolute atomic E-state index is 0.333. The lowest BCUT2D eigenvalue weighted by atomic mass is 10.2. The standard InChI is InChI=1S/C11H16F2N2O2S/c1-3-7(2)15-18(16,17)10-5-4-9(12)8(6-14)11(10)13/h4-5,7,15H,3,6,14H2,1-2H3. The van der Waals surface area contributed by atoms with Gasteiger partial charge in [0.2, 0.25) is 10.0 Å². The van der Waals surface area contributed by atoms with Gasteiger partial charge in [0.25, 0.3) is 0 Å². The summed E-state index contributed by atoms with van der Waals surface area (Å²) in [6.45, 7) is 3.05. The molecule has 1 rings (SSSR count). The molecule has 7 heteroatoms. The second-order valence-corrected chi connectivity index (χ2v) is 5.66. The topological polar surface area (TPSA) is 72.2 Å². The van der Waals surface area contributed by atoms with Crippen LogP contribution in [0.5, 0.6) is 0 Å². The van der Waals surface area contributed by atoms with E-state index in [4.69, 9.17) is 5.73 Å². The minimum atomic E-state index is -4.00. The van der Waals surface area contributed by atoms with Crippen LogP contribution < -0.4 is 10.5 Å². The molecule has 0 aromatic heterocycles. The van der Waals surface area contributed by atoms with E-state index >= 15 is 0 Å². The lowest BCUT2D eigenvalue weighted by Crippen LogP contribution is -2.32. The van der Waals surface area contributed by atoms with Gasteiger partial charge in [-0.25, -0.2) is 21.9 Å². The van der Waals surface area contributed by atoms with Crippen LogP contribution in [-0.2, 0) is 16.6 Å². The van der Waals surface area contributed by atoms with E-state index in [0.29, 0.717) is 6.42 Å². The van der Waals surface area contributed by atoms with E-state index in [-0.39, 0.29) is 6.04 Å². The summed E-state index contributed by atoms with van der Waals surface area (Å²) >= 11 is 0. The summed E-state index contributed by atoms with van der Waals surface area (Å²) in [5.74, 6) is -1.98. The Morgan fingerprint density at radius 3 is 2.50 bits per heavy atom. The Kier molecular flexibility index (Phi) is 4.78. The SMILES string of the molecule is CCC(C)NS(=O)(=O)c1ccc(F)c(CN)c1F. The van der Waals surface area contributed by atoms with Crippen LogP contribution >= 0.6 is 0 Å². The van der Waals surface area contributed by atoms with Gasteiger partial charge in [0, 0.05) is 18.2 Å². The third kappa shape index (κ3) is 3.04. The van der Waals surface area contributed by atoms with Crippen LogP contribution in [-0.4, -0.2) is 14.5 Å². The van der Waals surface area contributed by atoms with Crippen molar-refractivity contribution < 1.29 is 17.2 Å². The number of halogens is 2. The van der Waals surface area contributed by atoms with Crippen LogP contribution in [0.25, 0.3) is 0 Å². The summed E-state index contributed by atoms with van der Waals surface area (Å²) in [4.78, 5) is -0.579. The molecule has 0 fully saturated rings. The van der Waals surface area contributed by atoms with Crippen LogP contribution in [0.4, 0.5) is 8.78 Å². The molecule has 0 saturated carbocycles. The monoisotopic (exact) mass is 278 g/mol. The Bertz CT molecular complexity index is 532. The van der Waals surface area contributed by atoms with Gasteiger partial charge in [-0.1, -0.05) is 6.92 Å². The normalized spacial score (nSPS) is 13.6. The van der Waals surface area contributed by atoms with Gasteiger partial charge in [0.05, 0.1) is 0 Å². The molecule has 1 atom stereocenters. The highest BCUT2D eigenvalue weighted by Crippen LogP contribution is 2.21. The number of hydrogen-bond donors (Lipinski definition) is 2. The fourth-order valence-electron chi connectivity index (χ4n) is 1.38. The maximum absolute atomic E-state index is 13.8. The summed E-state index contributed by atoms with van der Waals surface area (Å²) in [5.41, 5.74) is 4.77. The van der Waals surface area contributed by atoms with E-state index in [2.05, 4.69) is 4.72 Å². The molecule has 102 valence electrons. The lowest BCUT2D eigenvalue weighted by Gasteiger charge is -2.14. The van der Waals surface area contributed by atoms with Crippen molar-refractivity contribution in [3.63, 3.8) is 0 Å². The number of hydrogen-bond acceptors (Lipinski definition) is 3. The van der Waals surface area contributed by atoms with Gasteiger partial charge >= 0.3 is 0 Å². The van der Waals surface area contributed by atoms with Crippen molar-refractivity contribution in [3.8, 4) is 0 Å². The van der Waals surface area contributed by atoms with E-state index in [1.165, 1.54) is 0 Å². The molecule has 1 unspecified atom stereocenters. The quantitative estimate of drug-likeness (QED) is 0.857. The van der Waals surface area contributed by atoms with E-state index in [1.54, 1.807) is 13.8 Å². The maximum atomic E-state index is 13.8. The molecule has 0 bridgehead atoms. The van der Waals surface area contributed by atoms with Crippen molar-refractivity contribution >= 4 is 10.0 Å². The summed E-state index contributed by atoms with van der Waals surface area (Å²) in [6.07, 6.45) is 0.561. The number of nitrogens with two attached hydrogens (primary N) is 1. The van der Waals surface area contributed by atoms with Crippen molar-refractivity contribution in [1.82, 2.24) is 4.72 Å². The van der Waals surface area contributed by atoms with Crippen molar-refractivity contribution in [1.29, 1.82) is 0 Å². The first-order valence-electron chi connectivity index (χ1n) is 5.52. The van der Waals surface area contributed by atoms with Gasteiger partial charge in [0.1, 0.15) is 10.7 Å². The second kappa shape index (κ2) is 5.73. The number of rotatable bonds is 5. The Hall–Kier alpha value is -1.05. The van der Waals surface area contributed by atoms with Gasteiger partial charge in [-0.2, -0.15) is 0 Å². The molecule has 0 amide bonds. The molecule has 0 aliphatic heterocycles. The summed E-state index contributed by atoms with van der Waals surface area (Å²) in [5, 5.41) is 0. The predicted molar refractivity (Wildman–Crippen MR) is 64.3 cm³/mol. The van der Waals surface area contributed by atoms with Gasteiger partial charge in [-0.3, -0.25) is 0 Å². The molecule has 1 aromatic carbocycles. The van der Waals surface area contributed by atoms with Crippen molar-refractivity contribution in [2.45, 2.75) is 37.8 Å². The summed E-state index contributed by atoms with van der Waals surface area (Å²) in [6, 6.07) is 1.46. The molecule has 0 spiro atoms. The van der Waals surface area contributed by atoms with Gasteiger partial charge in [-0.05, 0) is 25.5 Å². The first-order valence-corrected chi connectivity index (χ1v) is 7.01. The molecule has 3 N–H and O–H groups in total. The highest BCUT2D eigenvalue weighted by atomic mass is 32.2. The van der Waals surface area contributed by atoms with E-state index < -0.39 is 38.7 Å². The molecular formula is C11H16F2N2O2S. The average Bonchev–Trinajstić information content (AvgIpc) is 2.28. The summed E-state index contributed by atoms with van der Waals surface area (Å²) < 4.78 is 53.1. The van der Waals surface area contributed by atoms with Crippen molar-refractivity contribution in [2.75, 3.05) is 0 Å². The zero-order chi connectivity index (χ0) is 13.9. The summed E-state index contributed by atoms with van der Waals surface area (Å²) in [7, 11) is -4.00. The molecule has 0 heterocycles. The zero-order valence-electron chi connectivity index (χ0n) is 10.2. The largest absolute Gasteiger partial charge is 0.326 e. The van der Waals surface area contributed by atoms with Crippen LogP contribution in [0.1, 0.15) is 25.8 Å². The van der Waals surface area contributed by atoms with Crippen molar-refractivity contribution in [2.24, 2.45) is 5.73 Å². The van der Waals surface area contributed by atoms with Crippen molar-refractivity contribution in [3.05, 3.63) is 29.3 Å². The van der Waals surface area contributed by atoms with Gasteiger partial charge in [-0.15, -0.1) is 0 Å². The third-order valence-corrected chi connectivity index (χ3v) is 4.22. The lowest BCUT2D eigenvalue weighted by molar-refractivity contribution is 0.519. The molecule has 1 aromatic rings. The number of benzene rings is 1. The zero-order valence-corrected chi connectivity index (χ0v) is 11.0. The fourth-order valence-corrected chi connectivity index (χ4v) is 2.81. The van der Waals surface area contributed by atoms with Crippen LogP contribution in [0.15, 0.2) is 17.0 Å². The molecule has 0 radical (unpaired) electrons.